The monoisotopic (exact) mass is 527 g/mol. The van der Waals surface area contributed by atoms with Gasteiger partial charge in [-0.05, 0) is 54.4 Å². The second kappa shape index (κ2) is 12.5. The third kappa shape index (κ3) is 7.51. The van der Waals surface area contributed by atoms with Gasteiger partial charge in [-0.1, -0.05) is 11.6 Å². The predicted octanol–water partition coefficient (Wildman–Crippen LogP) is 5.07. The van der Waals surface area contributed by atoms with Crippen molar-refractivity contribution in [2.24, 2.45) is 0 Å². The summed E-state index contributed by atoms with van der Waals surface area (Å²) in [6.45, 7) is 3.58. The number of nitrogens with zero attached hydrogens (tertiary/aromatic N) is 1. The standard InChI is InChI=1S/C15H15BrFNO3S.C3H5ClO2S/c1-4-20-14(19)15(22-3)21-11-6-9-5-10(16)7-18-13(9)8(2)12(11)17;1-7-2(4)3(5)6/h5-7,15H,4H2,1-3H3;2H,1H3,(H,5,6). The highest BCUT2D eigenvalue weighted by Crippen LogP contribution is 2.31. The number of esters is 1. The van der Waals surface area contributed by atoms with Gasteiger partial charge in [-0.25, -0.2) is 14.0 Å². The molecule has 11 heteroatoms. The zero-order valence-electron chi connectivity index (χ0n) is 16.1. The van der Waals surface area contributed by atoms with Crippen molar-refractivity contribution in [2.45, 2.75) is 24.0 Å². The maximum absolute atomic E-state index is 14.4. The molecule has 29 heavy (non-hydrogen) atoms. The molecule has 0 bridgehead atoms. The number of hydrogen-bond donors (Lipinski definition) is 1. The third-order valence-electron chi connectivity index (χ3n) is 3.40. The molecule has 0 aliphatic heterocycles. The molecule has 0 amide bonds. The Hall–Kier alpha value is -1.23. The molecule has 0 saturated carbocycles. The maximum atomic E-state index is 14.4. The molecule has 0 aliphatic rings. The van der Waals surface area contributed by atoms with Crippen molar-refractivity contribution < 1.29 is 28.6 Å². The van der Waals surface area contributed by atoms with Crippen LogP contribution >= 0.6 is 51.1 Å². The lowest BCUT2D eigenvalue weighted by Gasteiger charge is -2.17. The van der Waals surface area contributed by atoms with Crippen LogP contribution in [0.25, 0.3) is 10.9 Å². The van der Waals surface area contributed by atoms with E-state index in [4.69, 9.17) is 26.2 Å². The molecule has 160 valence electrons. The first-order valence-corrected chi connectivity index (χ1v) is 12.0. The Morgan fingerprint density at radius 1 is 1.34 bits per heavy atom. The Bertz CT molecular complexity index is 874. The van der Waals surface area contributed by atoms with Crippen LogP contribution in [0.2, 0.25) is 0 Å². The zero-order chi connectivity index (χ0) is 22.1. The number of carbonyl (C=O) groups excluding carboxylic acids is 1. The number of benzene rings is 1. The van der Waals surface area contributed by atoms with E-state index in [1.165, 1.54) is 6.07 Å². The van der Waals surface area contributed by atoms with E-state index in [1.54, 1.807) is 32.6 Å². The van der Waals surface area contributed by atoms with Gasteiger partial charge in [0.05, 0.1) is 12.1 Å². The van der Waals surface area contributed by atoms with Crippen molar-refractivity contribution in [3.8, 4) is 5.75 Å². The fourth-order valence-corrected chi connectivity index (χ4v) is 3.09. The van der Waals surface area contributed by atoms with Gasteiger partial charge in [-0.15, -0.1) is 23.5 Å². The minimum absolute atomic E-state index is 0.0114. The van der Waals surface area contributed by atoms with E-state index in [-0.39, 0.29) is 12.4 Å². The molecule has 0 radical (unpaired) electrons. The molecule has 0 saturated heterocycles. The van der Waals surface area contributed by atoms with E-state index in [0.29, 0.717) is 11.1 Å². The van der Waals surface area contributed by atoms with Crippen molar-refractivity contribution in [3.05, 3.63) is 34.2 Å². The minimum Gasteiger partial charge on any atom is -0.480 e. The summed E-state index contributed by atoms with van der Waals surface area (Å²) in [7, 11) is 0. The summed E-state index contributed by atoms with van der Waals surface area (Å²) in [5, 5.41) is 8.76. The number of carboxylic acid groups (broad SMARTS) is 1. The highest BCUT2D eigenvalue weighted by Gasteiger charge is 2.23. The lowest BCUT2D eigenvalue weighted by atomic mass is 10.1. The maximum Gasteiger partial charge on any atom is 0.358 e. The molecule has 6 nitrogen and oxygen atoms in total. The molecule has 1 aromatic heterocycles. The number of rotatable bonds is 7. The quantitative estimate of drug-likeness (QED) is 0.303. The Morgan fingerprint density at radius 2 is 2.00 bits per heavy atom. The Kier molecular flexibility index (Phi) is 11.1. The molecule has 1 heterocycles. The molecule has 0 aliphatic carbocycles. The van der Waals surface area contributed by atoms with Crippen LogP contribution in [-0.4, -0.2) is 51.3 Å². The second-order valence-corrected chi connectivity index (χ2v) is 8.82. The number of aryl methyl sites for hydroxylation is 1. The molecular formula is C18H20BrClFNO5S2. The van der Waals surface area contributed by atoms with Crippen LogP contribution in [0.15, 0.2) is 22.8 Å². The van der Waals surface area contributed by atoms with Crippen molar-refractivity contribution in [1.82, 2.24) is 4.98 Å². The van der Waals surface area contributed by atoms with E-state index < -0.39 is 27.9 Å². The van der Waals surface area contributed by atoms with Crippen molar-refractivity contribution in [1.29, 1.82) is 0 Å². The molecule has 0 spiro atoms. The summed E-state index contributed by atoms with van der Waals surface area (Å²) in [4.78, 5) is 25.8. The van der Waals surface area contributed by atoms with Gasteiger partial charge in [0.1, 0.15) is 0 Å². The van der Waals surface area contributed by atoms with Crippen LogP contribution < -0.4 is 4.74 Å². The third-order valence-corrected chi connectivity index (χ3v) is 5.89. The molecule has 2 rings (SSSR count). The van der Waals surface area contributed by atoms with E-state index >= 15 is 0 Å². The van der Waals surface area contributed by atoms with Crippen LogP contribution in [0.1, 0.15) is 12.5 Å². The average Bonchev–Trinajstić information content (AvgIpc) is 2.69. The van der Waals surface area contributed by atoms with Gasteiger partial charge in [0, 0.05) is 21.6 Å². The van der Waals surface area contributed by atoms with Crippen molar-refractivity contribution in [3.63, 3.8) is 0 Å². The number of hydrogen-bond acceptors (Lipinski definition) is 7. The largest absolute Gasteiger partial charge is 0.480 e. The number of alkyl halides is 1. The fourth-order valence-electron chi connectivity index (χ4n) is 2.08. The summed E-state index contributed by atoms with van der Waals surface area (Å²) in [6, 6.07) is 3.36. The van der Waals surface area contributed by atoms with Gasteiger partial charge in [-0.3, -0.25) is 4.98 Å². The second-order valence-electron chi connectivity index (χ2n) is 5.37. The summed E-state index contributed by atoms with van der Waals surface area (Å²) in [6.07, 6.45) is 4.95. The van der Waals surface area contributed by atoms with Crippen LogP contribution in [0, 0.1) is 12.7 Å². The molecule has 2 atom stereocenters. The molecular weight excluding hydrogens is 509 g/mol. The first-order chi connectivity index (χ1) is 13.7. The predicted molar refractivity (Wildman–Crippen MR) is 119 cm³/mol. The smallest absolute Gasteiger partial charge is 0.358 e. The number of carboxylic acids is 1. The Balaban J connectivity index is 0.000000516. The van der Waals surface area contributed by atoms with Crippen molar-refractivity contribution >= 4 is 73.9 Å². The summed E-state index contributed by atoms with van der Waals surface area (Å²) >= 11 is 10.7. The number of ether oxygens (including phenoxy) is 2. The Morgan fingerprint density at radius 3 is 2.48 bits per heavy atom. The molecule has 2 aromatic rings. The summed E-state index contributed by atoms with van der Waals surface area (Å²) in [5.41, 5.74) is 0.0278. The van der Waals surface area contributed by atoms with Crippen LogP contribution in [0.4, 0.5) is 4.39 Å². The number of carbonyl (C=O) groups is 2. The average molecular weight is 529 g/mol. The normalized spacial score (nSPS) is 12.5. The number of pyridine rings is 1. The topological polar surface area (TPSA) is 85.7 Å². The SMILES string of the molecule is CCOC(=O)C(Oc1cc2cc(Br)cnc2c(C)c1F)SC.CSC(Cl)C(=O)O. The van der Waals surface area contributed by atoms with E-state index in [1.807, 2.05) is 6.07 Å². The molecule has 1 aromatic carbocycles. The van der Waals surface area contributed by atoms with Gasteiger partial charge >= 0.3 is 11.9 Å². The van der Waals surface area contributed by atoms with Gasteiger partial charge in [0.25, 0.3) is 0 Å². The van der Waals surface area contributed by atoms with E-state index in [0.717, 1.165) is 33.4 Å². The zero-order valence-corrected chi connectivity index (χ0v) is 20.0. The van der Waals surface area contributed by atoms with Crippen LogP contribution in [0.5, 0.6) is 5.75 Å². The van der Waals surface area contributed by atoms with Gasteiger partial charge < -0.3 is 14.6 Å². The highest BCUT2D eigenvalue weighted by atomic mass is 79.9. The van der Waals surface area contributed by atoms with Gasteiger partial charge in [0.2, 0.25) is 5.44 Å². The summed E-state index contributed by atoms with van der Waals surface area (Å²) in [5.74, 6) is -2.02. The van der Waals surface area contributed by atoms with E-state index in [9.17, 15) is 14.0 Å². The molecule has 2 unspecified atom stereocenters. The number of thioether (sulfide) groups is 2. The summed E-state index contributed by atoms with van der Waals surface area (Å²) < 4.78 is 24.9. The van der Waals surface area contributed by atoms with E-state index in [2.05, 4.69) is 20.9 Å². The van der Waals surface area contributed by atoms with Gasteiger partial charge in [0.15, 0.2) is 16.3 Å². The van der Waals surface area contributed by atoms with Crippen LogP contribution in [-0.2, 0) is 14.3 Å². The van der Waals surface area contributed by atoms with Gasteiger partial charge in [-0.2, -0.15) is 0 Å². The minimum atomic E-state index is -0.978. The number of aliphatic carboxylic acids is 1. The first kappa shape index (κ1) is 25.8. The highest BCUT2D eigenvalue weighted by molar-refractivity contribution is 9.10. The lowest BCUT2D eigenvalue weighted by molar-refractivity contribution is -0.147. The Labute approximate surface area is 190 Å². The molecule has 1 N–H and O–H groups in total. The van der Waals surface area contributed by atoms with Crippen LogP contribution in [0.3, 0.4) is 0 Å². The lowest BCUT2D eigenvalue weighted by Crippen LogP contribution is -2.26. The fraction of sp³-hybridized carbons (Fsp3) is 0.389. The number of aromatic nitrogens is 1. The number of fused-ring (bicyclic) bond motifs is 1. The molecule has 0 fully saturated rings. The van der Waals surface area contributed by atoms with Crippen molar-refractivity contribution in [2.75, 3.05) is 19.1 Å². The first-order valence-electron chi connectivity index (χ1n) is 8.16. The number of halogens is 3.